The highest BCUT2D eigenvalue weighted by atomic mass is 16.7. The number of aliphatic hydroxyl groups is 4. The number of hydrogen-bond acceptors (Lipinski definition) is 9. The Labute approximate surface area is 285 Å². The van der Waals surface area contributed by atoms with Crippen LogP contribution in [0.4, 0.5) is 0 Å². The first-order valence-electron chi connectivity index (χ1n) is 18.3. The molecule has 0 bridgehead atoms. The highest BCUT2D eigenvalue weighted by Crippen LogP contribution is 2.75. The normalized spacial score (nSPS) is 54.9. The number of aliphatic carboxylic acids is 1. The monoisotopic (exact) mass is 676 g/mol. The Hall–Kier alpha value is -1.56. The third kappa shape index (κ3) is 5.01. The topological polar surface area (TPSA) is 163 Å². The van der Waals surface area contributed by atoms with Crippen LogP contribution in [-0.2, 0) is 23.8 Å². The third-order valence-electron chi connectivity index (χ3n) is 15.9. The van der Waals surface area contributed by atoms with Gasteiger partial charge in [0, 0.05) is 24.2 Å². The second-order valence-corrected chi connectivity index (χ2v) is 18.3. The molecule has 5 aliphatic carbocycles. The summed E-state index contributed by atoms with van der Waals surface area (Å²) in [6, 6.07) is 0. The van der Waals surface area contributed by atoms with E-state index in [1.165, 1.54) is 12.5 Å². The lowest BCUT2D eigenvalue weighted by atomic mass is 9.33. The third-order valence-corrected chi connectivity index (χ3v) is 15.9. The van der Waals surface area contributed by atoms with E-state index < -0.39 is 71.1 Å². The van der Waals surface area contributed by atoms with Gasteiger partial charge in [0.05, 0.1) is 30.3 Å². The highest BCUT2D eigenvalue weighted by Gasteiger charge is 2.71. The summed E-state index contributed by atoms with van der Waals surface area (Å²) in [6.07, 6.45) is 2.12. The summed E-state index contributed by atoms with van der Waals surface area (Å²) >= 11 is 0. The van der Waals surface area contributed by atoms with Crippen LogP contribution in [0.5, 0.6) is 0 Å². The van der Waals surface area contributed by atoms with Gasteiger partial charge in [0.25, 0.3) is 0 Å². The van der Waals surface area contributed by atoms with E-state index in [4.69, 9.17) is 14.2 Å². The lowest BCUT2D eigenvalue weighted by Gasteiger charge is -2.72. The van der Waals surface area contributed by atoms with Gasteiger partial charge in [0.1, 0.15) is 12.2 Å². The number of rotatable bonds is 5. The van der Waals surface area contributed by atoms with E-state index in [0.717, 1.165) is 38.5 Å². The Balaban J connectivity index is 1.29. The number of aliphatic hydroxyl groups excluding tert-OH is 4. The highest BCUT2D eigenvalue weighted by molar-refractivity contribution is 5.74. The molecule has 4 saturated carbocycles. The molecular weight excluding hydrogens is 616 g/mol. The molecule has 1 heterocycles. The smallest absolute Gasteiger partial charge is 0.309 e. The van der Waals surface area contributed by atoms with Crippen LogP contribution in [-0.4, -0.2) is 87.0 Å². The molecule has 6 aliphatic rings. The van der Waals surface area contributed by atoms with E-state index >= 15 is 0 Å². The van der Waals surface area contributed by atoms with Crippen molar-refractivity contribution in [2.75, 3.05) is 6.61 Å². The molecule has 0 spiro atoms. The summed E-state index contributed by atoms with van der Waals surface area (Å²) in [5, 5.41) is 55.5. The molecule has 0 radical (unpaired) electrons. The predicted octanol–water partition coefficient (Wildman–Crippen LogP) is 4.60. The number of carboxylic acid groups (broad SMARTS) is 1. The molecule has 0 aromatic rings. The van der Waals surface area contributed by atoms with Crippen LogP contribution in [0.1, 0.15) is 113 Å². The summed E-state index contributed by atoms with van der Waals surface area (Å²) in [7, 11) is 0. The fourth-order valence-corrected chi connectivity index (χ4v) is 12.3. The number of ether oxygens (including phenoxy) is 3. The second-order valence-electron chi connectivity index (χ2n) is 18.3. The van der Waals surface area contributed by atoms with Gasteiger partial charge in [0.15, 0.2) is 12.4 Å². The molecule has 5 fully saturated rings. The fourth-order valence-electron chi connectivity index (χ4n) is 12.3. The van der Waals surface area contributed by atoms with Crippen LogP contribution in [0.3, 0.4) is 0 Å². The van der Waals surface area contributed by atoms with Crippen molar-refractivity contribution in [1.82, 2.24) is 0 Å². The molecule has 272 valence electrons. The molecule has 1 saturated heterocycles. The standard InChI is InChI=1S/C38H60O10/c1-20-30(48-21(2)39)28(42)29(43)31(47-20)46-19-35(5)24-11-12-37(7)25(38(24,8)27(41)17-26(35)40)10-9-22-23-18-34(4,32(44)45)14-13-33(23,3)15-16-36(22,37)6/h9,20,23-31,40-43H,10-19H2,1-8H3,(H,44,45)/t20-,23-,24+,25-,26-,27-,28-,29+,30-,31+,33+,34+,35-,36+,37+,38-/m0/s1. The maximum atomic E-state index is 12.4. The van der Waals surface area contributed by atoms with Crippen molar-refractivity contribution in [3.8, 4) is 0 Å². The molecule has 0 aromatic heterocycles. The van der Waals surface area contributed by atoms with Crippen molar-refractivity contribution in [3.63, 3.8) is 0 Å². The first-order chi connectivity index (χ1) is 22.2. The molecule has 5 N–H and O–H groups in total. The van der Waals surface area contributed by atoms with E-state index in [9.17, 15) is 35.1 Å². The molecule has 1 aliphatic heterocycles. The number of carbonyl (C=O) groups excluding carboxylic acids is 1. The first-order valence-corrected chi connectivity index (χ1v) is 18.3. The Morgan fingerprint density at radius 3 is 2.23 bits per heavy atom. The van der Waals surface area contributed by atoms with Crippen molar-refractivity contribution in [2.45, 2.75) is 156 Å². The predicted molar refractivity (Wildman–Crippen MR) is 176 cm³/mol. The summed E-state index contributed by atoms with van der Waals surface area (Å²) in [5.41, 5.74) is -0.807. The van der Waals surface area contributed by atoms with Crippen molar-refractivity contribution in [1.29, 1.82) is 0 Å². The number of esters is 1. The molecule has 48 heavy (non-hydrogen) atoms. The zero-order chi connectivity index (χ0) is 35.4. The summed E-state index contributed by atoms with van der Waals surface area (Å²) in [5.74, 6) is -1.04. The van der Waals surface area contributed by atoms with Crippen molar-refractivity contribution < 1.29 is 49.3 Å². The van der Waals surface area contributed by atoms with Gasteiger partial charge < -0.3 is 39.7 Å². The Morgan fingerprint density at radius 1 is 0.917 bits per heavy atom. The summed E-state index contributed by atoms with van der Waals surface area (Å²) in [4.78, 5) is 24.0. The van der Waals surface area contributed by atoms with Crippen LogP contribution >= 0.6 is 0 Å². The van der Waals surface area contributed by atoms with Crippen molar-refractivity contribution in [2.24, 2.45) is 50.2 Å². The molecule has 6 rings (SSSR count). The van der Waals surface area contributed by atoms with Crippen LogP contribution in [0.2, 0.25) is 0 Å². The van der Waals surface area contributed by atoms with Gasteiger partial charge in [0.2, 0.25) is 0 Å². The maximum absolute atomic E-state index is 12.4. The van der Waals surface area contributed by atoms with Gasteiger partial charge in [-0.1, -0.05) is 46.3 Å². The average Bonchev–Trinajstić information content (AvgIpc) is 3.00. The van der Waals surface area contributed by atoms with E-state index in [-0.39, 0.29) is 47.0 Å². The maximum Gasteiger partial charge on any atom is 0.309 e. The molecular formula is C38H60O10. The first kappa shape index (κ1) is 36.2. The van der Waals surface area contributed by atoms with Gasteiger partial charge in [-0.2, -0.15) is 0 Å². The minimum absolute atomic E-state index is 0.0521. The average molecular weight is 677 g/mol. The second kappa shape index (κ2) is 11.7. The van der Waals surface area contributed by atoms with Gasteiger partial charge in [-0.3, -0.25) is 9.59 Å². The van der Waals surface area contributed by atoms with Gasteiger partial charge >= 0.3 is 11.9 Å². The Kier molecular flexibility index (Phi) is 8.86. The Morgan fingerprint density at radius 2 is 1.58 bits per heavy atom. The zero-order valence-corrected chi connectivity index (χ0v) is 30.2. The number of hydrogen-bond donors (Lipinski definition) is 5. The zero-order valence-electron chi connectivity index (χ0n) is 30.2. The molecule has 10 heteroatoms. The van der Waals surface area contributed by atoms with E-state index in [0.29, 0.717) is 12.8 Å². The quantitative estimate of drug-likeness (QED) is 0.206. The molecule has 10 nitrogen and oxygen atoms in total. The van der Waals surface area contributed by atoms with Crippen molar-refractivity contribution >= 4 is 11.9 Å². The molecule has 0 aromatic carbocycles. The minimum atomic E-state index is -1.46. The van der Waals surface area contributed by atoms with E-state index in [2.05, 4.69) is 33.8 Å². The number of fused-ring (bicyclic) bond motifs is 7. The Bertz CT molecular complexity index is 1330. The lowest BCUT2D eigenvalue weighted by Crippen LogP contribution is -2.69. The molecule has 0 unspecified atom stereocenters. The number of carbonyl (C=O) groups is 2. The lowest BCUT2D eigenvalue weighted by molar-refractivity contribution is -0.315. The van der Waals surface area contributed by atoms with Gasteiger partial charge in [-0.05, 0) is 99.2 Å². The molecule has 16 atom stereocenters. The van der Waals surface area contributed by atoms with Crippen LogP contribution in [0.15, 0.2) is 11.6 Å². The van der Waals surface area contributed by atoms with Crippen LogP contribution in [0.25, 0.3) is 0 Å². The van der Waals surface area contributed by atoms with Gasteiger partial charge in [-0.25, -0.2) is 0 Å². The number of carboxylic acids is 1. The SMILES string of the molecule is CC(=O)O[C@@H]1[C@@H](O)[C@@H](O)[C@H](OC[C@@]2(C)[C@H]3CC[C@]4(C)[C@H](CC=C5[C@@H]6C[C@](C)(C(=O)O)CC[C@]6(C)CC[C@]54C)[C@@]3(C)[C@@H](O)C[C@@H]2O)O[C@H]1C. The summed E-state index contributed by atoms with van der Waals surface area (Å²) in [6.45, 7) is 16.3. The fraction of sp³-hybridized carbons (Fsp3) is 0.895. The molecule has 0 amide bonds. The summed E-state index contributed by atoms with van der Waals surface area (Å²) < 4.78 is 17.3. The van der Waals surface area contributed by atoms with E-state index in [1.807, 2.05) is 13.8 Å². The largest absolute Gasteiger partial charge is 0.481 e. The van der Waals surface area contributed by atoms with E-state index in [1.54, 1.807) is 6.92 Å². The van der Waals surface area contributed by atoms with Crippen LogP contribution < -0.4 is 0 Å². The number of allylic oxidation sites excluding steroid dienone is 2. The minimum Gasteiger partial charge on any atom is -0.481 e. The van der Waals surface area contributed by atoms with Gasteiger partial charge in [-0.15, -0.1) is 0 Å². The van der Waals surface area contributed by atoms with Crippen LogP contribution in [0, 0.1) is 50.2 Å². The van der Waals surface area contributed by atoms with Crippen molar-refractivity contribution in [3.05, 3.63) is 11.6 Å².